The lowest BCUT2D eigenvalue weighted by atomic mass is 10.0. The standard InChI is InChI=1S/C39H23N3O2/c1-3-9-24(10-4-1)37-40-38(25-11-5-2-6-12-25)42-39(41-37)28-16-19-31-32-21-26(17-20-34(32)44-36(31)23-28)27-15-18-30-29-13-7-8-14-33(29)43-35(30)22-27/h1-23H. The Hall–Kier alpha value is -6.07. The molecule has 0 saturated carbocycles. The maximum atomic E-state index is 6.36. The lowest BCUT2D eigenvalue weighted by Crippen LogP contribution is -2.00. The molecule has 0 aliphatic carbocycles. The van der Waals surface area contributed by atoms with Crippen LogP contribution in [0.15, 0.2) is 148 Å². The lowest BCUT2D eigenvalue weighted by Gasteiger charge is -2.08. The van der Waals surface area contributed by atoms with Gasteiger partial charge in [-0.15, -0.1) is 0 Å². The average Bonchev–Trinajstić information content (AvgIpc) is 3.66. The zero-order chi connectivity index (χ0) is 29.0. The van der Waals surface area contributed by atoms with E-state index < -0.39 is 0 Å². The SMILES string of the molecule is c1ccc(-c2nc(-c3ccccc3)nc(-c3ccc4c(c3)oc3ccc(-c5ccc6c(c5)oc5ccccc56)cc34)n2)cc1. The topological polar surface area (TPSA) is 65.0 Å². The molecule has 0 atom stereocenters. The van der Waals surface area contributed by atoms with Crippen molar-refractivity contribution < 1.29 is 8.83 Å². The molecule has 0 unspecified atom stereocenters. The van der Waals surface area contributed by atoms with E-state index in [1.165, 1.54) is 0 Å². The van der Waals surface area contributed by atoms with Crippen LogP contribution in [0.5, 0.6) is 0 Å². The second-order valence-electron chi connectivity index (χ2n) is 10.9. The van der Waals surface area contributed by atoms with Crippen LogP contribution in [-0.2, 0) is 0 Å². The molecule has 0 spiro atoms. The van der Waals surface area contributed by atoms with Crippen molar-refractivity contribution in [3.8, 4) is 45.3 Å². The molecule has 0 saturated heterocycles. The van der Waals surface area contributed by atoms with Crippen LogP contribution in [0.2, 0.25) is 0 Å². The summed E-state index contributed by atoms with van der Waals surface area (Å²) in [4.78, 5) is 14.6. The molecule has 3 heterocycles. The first kappa shape index (κ1) is 24.5. The third-order valence-corrected chi connectivity index (χ3v) is 8.14. The van der Waals surface area contributed by atoms with Crippen LogP contribution in [0.25, 0.3) is 89.2 Å². The minimum Gasteiger partial charge on any atom is -0.456 e. The molecule has 3 aromatic heterocycles. The van der Waals surface area contributed by atoms with E-state index in [0.29, 0.717) is 17.5 Å². The lowest BCUT2D eigenvalue weighted by molar-refractivity contribution is 0.669. The summed E-state index contributed by atoms with van der Waals surface area (Å²) in [5, 5.41) is 4.34. The van der Waals surface area contributed by atoms with Gasteiger partial charge >= 0.3 is 0 Å². The van der Waals surface area contributed by atoms with Crippen molar-refractivity contribution in [2.24, 2.45) is 0 Å². The van der Waals surface area contributed by atoms with Gasteiger partial charge < -0.3 is 8.83 Å². The minimum atomic E-state index is 0.597. The van der Waals surface area contributed by atoms with Crippen molar-refractivity contribution in [2.75, 3.05) is 0 Å². The maximum Gasteiger partial charge on any atom is 0.164 e. The van der Waals surface area contributed by atoms with Gasteiger partial charge in [0.1, 0.15) is 22.3 Å². The van der Waals surface area contributed by atoms with Gasteiger partial charge in [-0.25, -0.2) is 15.0 Å². The first-order valence-electron chi connectivity index (χ1n) is 14.5. The van der Waals surface area contributed by atoms with E-state index >= 15 is 0 Å². The third-order valence-electron chi connectivity index (χ3n) is 8.14. The number of nitrogens with zero attached hydrogens (tertiary/aromatic N) is 3. The number of benzene rings is 6. The molecular formula is C39H23N3O2. The van der Waals surface area contributed by atoms with Gasteiger partial charge in [0.2, 0.25) is 0 Å². The molecular weight excluding hydrogens is 542 g/mol. The Balaban J connectivity index is 1.15. The van der Waals surface area contributed by atoms with Crippen molar-refractivity contribution in [3.63, 3.8) is 0 Å². The van der Waals surface area contributed by atoms with Crippen molar-refractivity contribution in [3.05, 3.63) is 140 Å². The predicted molar refractivity (Wildman–Crippen MR) is 176 cm³/mol. The molecule has 5 heteroatoms. The summed E-state index contributed by atoms with van der Waals surface area (Å²) in [5.74, 6) is 1.86. The van der Waals surface area contributed by atoms with Gasteiger partial charge in [-0.2, -0.15) is 0 Å². The van der Waals surface area contributed by atoms with Gasteiger partial charge in [0, 0.05) is 38.2 Å². The molecule has 0 bridgehead atoms. The fourth-order valence-corrected chi connectivity index (χ4v) is 5.94. The molecule has 0 aliphatic heterocycles. The van der Waals surface area contributed by atoms with E-state index in [1.54, 1.807) is 0 Å². The molecule has 0 amide bonds. The first-order chi connectivity index (χ1) is 21.8. The van der Waals surface area contributed by atoms with Gasteiger partial charge in [-0.3, -0.25) is 0 Å². The fourth-order valence-electron chi connectivity index (χ4n) is 5.94. The molecule has 0 fully saturated rings. The normalized spacial score (nSPS) is 11.6. The van der Waals surface area contributed by atoms with Gasteiger partial charge in [0.25, 0.3) is 0 Å². The number of aromatic nitrogens is 3. The number of rotatable bonds is 4. The van der Waals surface area contributed by atoms with E-state index in [0.717, 1.165) is 71.7 Å². The monoisotopic (exact) mass is 565 g/mol. The third kappa shape index (κ3) is 4.06. The highest BCUT2D eigenvalue weighted by Crippen LogP contribution is 2.37. The van der Waals surface area contributed by atoms with E-state index in [9.17, 15) is 0 Å². The van der Waals surface area contributed by atoms with Crippen LogP contribution in [-0.4, -0.2) is 15.0 Å². The van der Waals surface area contributed by atoms with E-state index in [2.05, 4.69) is 48.5 Å². The smallest absolute Gasteiger partial charge is 0.164 e. The van der Waals surface area contributed by atoms with Crippen LogP contribution < -0.4 is 0 Å². The number of fused-ring (bicyclic) bond motifs is 6. The Morgan fingerprint density at radius 3 is 1.43 bits per heavy atom. The van der Waals surface area contributed by atoms with Gasteiger partial charge in [0.05, 0.1) is 0 Å². The van der Waals surface area contributed by atoms with E-state index in [-0.39, 0.29) is 0 Å². The highest BCUT2D eigenvalue weighted by atomic mass is 16.3. The summed E-state index contributed by atoms with van der Waals surface area (Å²) in [6.45, 7) is 0. The van der Waals surface area contributed by atoms with Crippen LogP contribution in [0.1, 0.15) is 0 Å². The van der Waals surface area contributed by atoms with E-state index in [4.69, 9.17) is 23.8 Å². The van der Waals surface area contributed by atoms with Crippen LogP contribution in [0.3, 0.4) is 0 Å². The Labute approximate surface area is 252 Å². The molecule has 44 heavy (non-hydrogen) atoms. The highest BCUT2D eigenvalue weighted by molar-refractivity contribution is 6.08. The Morgan fingerprint density at radius 2 is 0.750 bits per heavy atom. The molecule has 5 nitrogen and oxygen atoms in total. The van der Waals surface area contributed by atoms with Crippen LogP contribution in [0, 0.1) is 0 Å². The summed E-state index contributed by atoms with van der Waals surface area (Å²) >= 11 is 0. The molecule has 6 aromatic carbocycles. The summed E-state index contributed by atoms with van der Waals surface area (Å²) in [7, 11) is 0. The Kier molecular flexibility index (Phi) is 5.43. The van der Waals surface area contributed by atoms with Crippen molar-refractivity contribution in [2.45, 2.75) is 0 Å². The molecule has 0 radical (unpaired) electrons. The number of furan rings is 2. The molecule has 0 N–H and O–H groups in total. The van der Waals surface area contributed by atoms with Crippen LogP contribution in [0.4, 0.5) is 0 Å². The zero-order valence-corrected chi connectivity index (χ0v) is 23.4. The second-order valence-corrected chi connectivity index (χ2v) is 10.9. The maximum absolute atomic E-state index is 6.36. The van der Waals surface area contributed by atoms with Crippen molar-refractivity contribution >= 4 is 43.9 Å². The molecule has 9 aromatic rings. The van der Waals surface area contributed by atoms with Crippen molar-refractivity contribution in [1.29, 1.82) is 0 Å². The minimum absolute atomic E-state index is 0.597. The zero-order valence-electron chi connectivity index (χ0n) is 23.4. The highest BCUT2D eigenvalue weighted by Gasteiger charge is 2.15. The van der Waals surface area contributed by atoms with Crippen LogP contribution >= 0.6 is 0 Å². The fraction of sp³-hybridized carbons (Fsp3) is 0. The summed E-state index contributed by atoms with van der Waals surface area (Å²) in [6.07, 6.45) is 0. The van der Waals surface area contributed by atoms with Gasteiger partial charge in [-0.1, -0.05) is 97.1 Å². The average molecular weight is 566 g/mol. The first-order valence-corrected chi connectivity index (χ1v) is 14.5. The van der Waals surface area contributed by atoms with Gasteiger partial charge in [-0.05, 0) is 53.6 Å². The summed E-state index contributed by atoms with van der Waals surface area (Å²) < 4.78 is 12.5. The predicted octanol–water partition coefficient (Wildman–Crippen LogP) is 10.3. The number of para-hydroxylation sites is 1. The van der Waals surface area contributed by atoms with E-state index in [1.807, 2.05) is 91.0 Å². The number of hydrogen-bond acceptors (Lipinski definition) is 5. The molecule has 0 aliphatic rings. The molecule has 9 rings (SSSR count). The van der Waals surface area contributed by atoms with Crippen molar-refractivity contribution in [1.82, 2.24) is 15.0 Å². The number of hydrogen-bond donors (Lipinski definition) is 0. The van der Waals surface area contributed by atoms with Gasteiger partial charge in [0.15, 0.2) is 17.5 Å². The molecule has 206 valence electrons. The summed E-state index contributed by atoms with van der Waals surface area (Å²) in [6, 6.07) is 47.1. The quantitative estimate of drug-likeness (QED) is 0.212. The largest absolute Gasteiger partial charge is 0.456 e. The Morgan fingerprint density at radius 1 is 0.295 bits per heavy atom. The Bertz CT molecular complexity index is 2440. The summed E-state index contributed by atoms with van der Waals surface area (Å²) in [5.41, 5.74) is 8.33. The second kappa shape index (κ2) is 9.75.